The van der Waals surface area contributed by atoms with E-state index in [1.54, 1.807) is 18.2 Å². The topological polar surface area (TPSA) is 44.7 Å². The Bertz CT molecular complexity index is 768. The molecular formula is C18H18FN3O. The molecule has 0 radical (unpaired) electrons. The number of anilines is 1. The van der Waals surface area contributed by atoms with E-state index in [0.29, 0.717) is 17.8 Å². The lowest BCUT2D eigenvalue weighted by Gasteiger charge is -2.14. The number of halogens is 1. The molecule has 5 heteroatoms. The highest BCUT2D eigenvalue weighted by atomic mass is 19.1. The molecule has 0 aliphatic carbocycles. The minimum atomic E-state index is -0.546. The molecule has 0 spiro atoms. The van der Waals surface area contributed by atoms with Crippen molar-refractivity contribution in [1.82, 2.24) is 4.90 Å². The number of rotatable bonds is 3. The molecule has 4 nitrogen and oxygen atoms in total. The molecule has 0 atom stereocenters. The van der Waals surface area contributed by atoms with Crippen molar-refractivity contribution < 1.29 is 9.18 Å². The predicted molar refractivity (Wildman–Crippen MR) is 89.6 cm³/mol. The number of amides is 1. The van der Waals surface area contributed by atoms with Crippen LogP contribution in [0.25, 0.3) is 0 Å². The van der Waals surface area contributed by atoms with Crippen molar-refractivity contribution in [3.63, 3.8) is 0 Å². The molecule has 2 aromatic carbocycles. The third-order valence-electron chi connectivity index (χ3n) is 3.84. The predicted octanol–water partition coefficient (Wildman–Crippen LogP) is 3.08. The molecule has 1 amide bonds. The second-order valence-corrected chi connectivity index (χ2v) is 5.64. The molecule has 0 unspecified atom stereocenters. The molecular weight excluding hydrogens is 293 g/mol. The van der Waals surface area contributed by atoms with Crippen LogP contribution < -0.4 is 5.32 Å². The molecule has 0 aromatic heterocycles. The fourth-order valence-corrected chi connectivity index (χ4v) is 2.52. The van der Waals surface area contributed by atoms with Crippen LogP contribution in [0.5, 0.6) is 0 Å². The van der Waals surface area contributed by atoms with Gasteiger partial charge in [-0.2, -0.15) is 0 Å². The number of carbonyl (C=O) groups excluding carboxylic acids is 1. The molecule has 0 fully saturated rings. The standard InChI is InChI=1S/C18H18FN3O/c1-12-3-6-14(7-4-12)21-18(23)15-8-5-13(11-16(15)19)17-20-9-10-22(17)2/h3-8,11H,9-10H2,1-2H3,(H,21,23). The largest absolute Gasteiger partial charge is 0.358 e. The van der Waals surface area contributed by atoms with E-state index >= 15 is 0 Å². The average molecular weight is 311 g/mol. The molecule has 118 valence electrons. The van der Waals surface area contributed by atoms with Crippen LogP contribution >= 0.6 is 0 Å². The van der Waals surface area contributed by atoms with Crippen molar-refractivity contribution >= 4 is 17.4 Å². The summed E-state index contributed by atoms with van der Waals surface area (Å²) in [7, 11) is 1.92. The van der Waals surface area contributed by atoms with E-state index in [1.165, 1.54) is 12.1 Å². The molecule has 1 heterocycles. The number of likely N-dealkylation sites (N-methyl/N-ethyl adjacent to an activating group) is 1. The van der Waals surface area contributed by atoms with Gasteiger partial charge in [-0.1, -0.05) is 23.8 Å². The van der Waals surface area contributed by atoms with Gasteiger partial charge in [0.2, 0.25) is 0 Å². The van der Waals surface area contributed by atoms with E-state index in [1.807, 2.05) is 31.0 Å². The van der Waals surface area contributed by atoms with Gasteiger partial charge in [0.25, 0.3) is 5.91 Å². The first-order chi connectivity index (χ1) is 11.0. The summed E-state index contributed by atoms with van der Waals surface area (Å²) in [4.78, 5) is 18.6. The van der Waals surface area contributed by atoms with Crippen molar-refractivity contribution in [2.75, 3.05) is 25.5 Å². The Balaban J connectivity index is 1.80. The monoisotopic (exact) mass is 311 g/mol. The zero-order valence-electron chi connectivity index (χ0n) is 13.1. The maximum atomic E-state index is 14.3. The van der Waals surface area contributed by atoms with Crippen LogP contribution in [0.15, 0.2) is 47.5 Å². The Labute approximate surface area is 134 Å². The van der Waals surface area contributed by atoms with Crippen LogP contribution in [-0.4, -0.2) is 36.8 Å². The third kappa shape index (κ3) is 3.23. The van der Waals surface area contributed by atoms with Gasteiger partial charge in [0.05, 0.1) is 12.1 Å². The molecule has 0 bridgehead atoms. The Morgan fingerprint density at radius 3 is 2.57 bits per heavy atom. The zero-order valence-corrected chi connectivity index (χ0v) is 13.1. The van der Waals surface area contributed by atoms with E-state index in [-0.39, 0.29) is 5.56 Å². The van der Waals surface area contributed by atoms with Crippen molar-refractivity contribution in [3.8, 4) is 0 Å². The maximum absolute atomic E-state index is 14.3. The Morgan fingerprint density at radius 2 is 1.96 bits per heavy atom. The van der Waals surface area contributed by atoms with E-state index in [2.05, 4.69) is 10.3 Å². The van der Waals surface area contributed by atoms with E-state index in [9.17, 15) is 9.18 Å². The molecule has 1 aliphatic rings. The SMILES string of the molecule is Cc1ccc(NC(=O)c2ccc(C3=NCCN3C)cc2F)cc1. The minimum absolute atomic E-state index is 0.0237. The summed E-state index contributed by atoms with van der Waals surface area (Å²) in [5.74, 6) is -0.246. The van der Waals surface area contributed by atoms with Crippen molar-refractivity contribution in [1.29, 1.82) is 0 Å². The van der Waals surface area contributed by atoms with Crippen molar-refractivity contribution in [2.24, 2.45) is 4.99 Å². The van der Waals surface area contributed by atoms with Crippen LogP contribution in [-0.2, 0) is 0 Å². The second-order valence-electron chi connectivity index (χ2n) is 5.64. The van der Waals surface area contributed by atoms with Gasteiger partial charge >= 0.3 is 0 Å². The van der Waals surface area contributed by atoms with Gasteiger partial charge in [0.15, 0.2) is 0 Å². The first-order valence-electron chi connectivity index (χ1n) is 7.48. The molecule has 23 heavy (non-hydrogen) atoms. The number of hydrogen-bond acceptors (Lipinski definition) is 3. The number of nitrogens with zero attached hydrogens (tertiary/aromatic N) is 2. The van der Waals surface area contributed by atoms with Gasteiger partial charge in [0, 0.05) is 24.8 Å². The summed E-state index contributed by atoms with van der Waals surface area (Å²) in [5.41, 5.74) is 2.45. The molecule has 0 saturated carbocycles. The number of carbonyl (C=O) groups is 1. The van der Waals surface area contributed by atoms with Gasteiger partial charge in [-0.3, -0.25) is 9.79 Å². The van der Waals surface area contributed by atoms with E-state index < -0.39 is 11.7 Å². The third-order valence-corrected chi connectivity index (χ3v) is 3.84. The van der Waals surface area contributed by atoms with Crippen LogP contribution in [0.3, 0.4) is 0 Å². The second kappa shape index (κ2) is 6.20. The average Bonchev–Trinajstić information content (AvgIpc) is 2.95. The van der Waals surface area contributed by atoms with Gasteiger partial charge in [-0.05, 0) is 31.2 Å². The summed E-state index contributed by atoms with van der Waals surface area (Å²) in [6.45, 7) is 3.50. The smallest absolute Gasteiger partial charge is 0.258 e. The lowest BCUT2D eigenvalue weighted by Crippen LogP contribution is -2.24. The summed E-state index contributed by atoms with van der Waals surface area (Å²) in [6.07, 6.45) is 0. The van der Waals surface area contributed by atoms with E-state index in [0.717, 1.165) is 17.9 Å². The summed E-state index contributed by atoms with van der Waals surface area (Å²) >= 11 is 0. The van der Waals surface area contributed by atoms with Crippen molar-refractivity contribution in [3.05, 3.63) is 65.0 Å². The lowest BCUT2D eigenvalue weighted by atomic mass is 10.1. The number of aryl methyl sites for hydroxylation is 1. The molecule has 1 N–H and O–H groups in total. The zero-order chi connectivity index (χ0) is 16.4. The number of nitrogens with one attached hydrogen (secondary N) is 1. The van der Waals surface area contributed by atoms with Crippen LogP contribution in [0, 0.1) is 12.7 Å². The Hall–Kier alpha value is -2.69. The molecule has 2 aromatic rings. The first-order valence-corrected chi connectivity index (χ1v) is 7.48. The number of hydrogen-bond donors (Lipinski definition) is 1. The lowest BCUT2D eigenvalue weighted by molar-refractivity contribution is 0.102. The summed E-state index contributed by atoms with van der Waals surface area (Å²) in [5, 5.41) is 2.70. The fourth-order valence-electron chi connectivity index (χ4n) is 2.52. The molecule has 1 aliphatic heterocycles. The van der Waals surface area contributed by atoms with Crippen molar-refractivity contribution in [2.45, 2.75) is 6.92 Å². The highest BCUT2D eigenvalue weighted by Crippen LogP contribution is 2.17. The van der Waals surface area contributed by atoms with Crippen LogP contribution in [0.4, 0.5) is 10.1 Å². The number of benzene rings is 2. The van der Waals surface area contributed by atoms with Crippen LogP contribution in [0.2, 0.25) is 0 Å². The first kappa shape index (κ1) is 15.2. The highest BCUT2D eigenvalue weighted by molar-refractivity contribution is 6.06. The van der Waals surface area contributed by atoms with E-state index in [4.69, 9.17) is 0 Å². The number of amidine groups is 1. The fraction of sp³-hybridized carbons (Fsp3) is 0.222. The van der Waals surface area contributed by atoms with Gasteiger partial charge in [-0.15, -0.1) is 0 Å². The minimum Gasteiger partial charge on any atom is -0.358 e. The summed E-state index contributed by atoms with van der Waals surface area (Å²) in [6, 6.07) is 12.0. The molecule has 3 rings (SSSR count). The number of aliphatic imine (C=N–C) groups is 1. The summed E-state index contributed by atoms with van der Waals surface area (Å²) < 4.78 is 14.3. The normalized spacial score (nSPS) is 13.9. The Kier molecular flexibility index (Phi) is 4.10. The highest BCUT2D eigenvalue weighted by Gasteiger charge is 2.18. The quantitative estimate of drug-likeness (QED) is 0.947. The Morgan fingerprint density at radius 1 is 1.22 bits per heavy atom. The molecule has 0 saturated heterocycles. The van der Waals surface area contributed by atoms with Gasteiger partial charge in [-0.25, -0.2) is 4.39 Å². The van der Waals surface area contributed by atoms with Gasteiger partial charge in [0.1, 0.15) is 11.7 Å². The van der Waals surface area contributed by atoms with Gasteiger partial charge < -0.3 is 10.2 Å². The van der Waals surface area contributed by atoms with Crippen LogP contribution in [0.1, 0.15) is 21.5 Å². The maximum Gasteiger partial charge on any atom is 0.258 e.